The quantitative estimate of drug-likeness (QED) is 0.230. The minimum Gasteiger partial charge on any atom is -0.466 e. The van der Waals surface area contributed by atoms with Gasteiger partial charge in [-0.2, -0.15) is 0 Å². The molecule has 0 fully saturated rings. The number of nitrogens with zero attached hydrogens (tertiary/aromatic N) is 3. The number of aromatic nitrogens is 3. The Labute approximate surface area is 207 Å². The van der Waals surface area contributed by atoms with Gasteiger partial charge in [0.25, 0.3) is 0 Å². The van der Waals surface area contributed by atoms with E-state index in [-0.39, 0.29) is 30.7 Å². The molecule has 0 saturated heterocycles. The maximum atomic E-state index is 12.6. The Kier molecular flexibility index (Phi) is 7.32. The molecule has 35 heavy (non-hydrogen) atoms. The average Bonchev–Trinajstić information content (AvgIpc) is 3.44. The number of carbonyl (C=O) groups is 2. The summed E-state index contributed by atoms with van der Waals surface area (Å²) >= 11 is 1.51. The van der Waals surface area contributed by atoms with Crippen LogP contribution in [0.4, 0.5) is 0 Å². The number of esters is 1. The van der Waals surface area contributed by atoms with Gasteiger partial charge in [0.2, 0.25) is 0 Å². The van der Waals surface area contributed by atoms with Crippen LogP contribution in [0.15, 0.2) is 35.7 Å². The summed E-state index contributed by atoms with van der Waals surface area (Å²) in [5, 5.41) is 11.5. The molecule has 10 heteroatoms. The van der Waals surface area contributed by atoms with Gasteiger partial charge < -0.3 is 4.74 Å². The number of thiophene rings is 1. The third-order valence-corrected chi connectivity index (χ3v) is 8.06. The summed E-state index contributed by atoms with van der Waals surface area (Å²) in [6, 6.07) is 9.70. The molecule has 0 aliphatic carbocycles. The molecule has 8 nitrogen and oxygen atoms in total. The van der Waals surface area contributed by atoms with Gasteiger partial charge in [0.1, 0.15) is 15.4 Å². The molecular formula is C25H27N3O5S2. The first-order valence-corrected chi connectivity index (χ1v) is 14.3. The highest BCUT2D eigenvalue weighted by atomic mass is 32.2. The van der Waals surface area contributed by atoms with E-state index >= 15 is 0 Å². The van der Waals surface area contributed by atoms with Gasteiger partial charge in [0, 0.05) is 29.0 Å². The molecule has 2 aromatic heterocycles. The van der Waals surface area contributed by atoms with Crippen LogP contribution in [0.1, 0.15) is 52.7 Å². The molecule has 0 amide bonds. The molecule has 2 aromatic carbocycles. The Morgan fingerprint density at radius 1 is 1.26 bits per heavy atom. The van der Waals surface area contributed by atoms with Crippen LogP contribution in [0.25, 0.3) is 21.1 Å². The molecule has 1 atom stereocenters. The fraction of sp³-hybridized carbons (Fsp3) is 0.360. The molecule has 0 bridgehead atoms. The largest absolute Gasteiger partial charge is 0.466 e. The number of fused-ring (bicyclic) bond motifs is 2. The lowest BCUT2D eigenvalue weighted by Gasteiger charge is -2.20. The van der Waals surface area contributed by atoms with Gasteiger partial charge in [-0.1, -0.05) is 11.3 Å². The van der Waals surface area contributed by atoms with E-state index in [4.69, 9.17) is 4.74 Å². The van der Waals surface area contributed by atoms with Crippen LogP contribution in [0, 0.1) is 6.92 Å². The highest BCUT2D eigenvalue weighted by Gasteiger charge is 2.24. The zero-order valence-electron chi connectivity index (χ0n) is 19.9. The molecule has 2 heterocycles. The molecular weight excluding hydrogens is 486 g/mol. The number of benzene rings is 2. The van der Waals surface area contributed by atoms with E-state index in [1.165, 1.54) is 17.6 Å². The molecule has 4 rings (SSSR count). The minimum atomic E-state index is -3.05. The van der Waals surface area contributed by atoms with Gasteiger partial charge in [0.15, 0.2) is 6.29 Å². The number of hydrogen-bond acceptors (Lipinski definition) is 8. The van der Waals surface area contributed by atoms with Crippen molar-refractivity contribution < 1.29 is 22.7 Å². The van der Waals surface area contributed by atoms with Crippen molar-refractivity contribution in [3.8, 4) is 0 Å². The zero-order chi connectivity index (χ0) is 25.2. The Bertz CT molecular complexity index is 1500. The van der Waals surface area contributed by atoms with E-state index in [9.17, 15) is 18.0 Å². The molecule has 4 aromatic rings. The van der Waals surface area contributed by atoms with Crippen molar-refractivity contribution in [2.24, 2.45) is 0 Å². The van der Waals surface area contributed by atoms with Gasteiger partial charge in [0.05, 0.1) is 24.3 Å². The molecule has 0 aliphatic heterocycles. The van der Waals surface area contributed by atoms with Gasteiger partial charge in [-0.15, -0.1) is 16.4 Å². The van der Waals surface area contributed by atoms with Gasteiger partial charge in [-0.05, 0) is 72.0 Å². The first-order valence-electron chi connectivity index (χ1n) is 11.3. The molecule has 0 spiro atoms. The van der Waals surface area contributed by atoms with E-state index < -0.39 is 9.84 Å². The highest BCUT2D eigenvalue weighted by molar-refractivity contribution is 7.90. The van der Waals surface area contributed by atoms with Gasteiger partial charge >= 0.3 is 5.97 Å². The SMILES string of the molecule is CCOC(=O)CC(c1cc(C=O)c2sccc2c1)c1ccc2c(nnn2CCCS(C)(=O)=O)c1C. The Balaban J connectivity index is 1.76. The molecule has 0 saturated carbocycles. The summed E-state index contributed by atoms with van der Waals surface area (Å²) in [5.41, 5.74) is 4.73. The second kappa shape index (κ2) is 10.2. The molecule has 0 N–H and O–H groups in total. The van der Waals surface area contributed by atoms with Crippen molar-refractivity contribution in [1.29, 1.82) is 0 Å². The monoisotopic (exact) mass is 513 g/mol. The van der Waals surface area contributed by atoms with Gasteiger partial charge in [-0.25, -0.2) is 13.1 Å². The second-order valence-corrected chi connectivity index (χ2v) is 11.7. The topological polar surface area (TPSA) is 108 Å². The third-order valence-electron chi connectivity index (χ3n) is 6.05. The summed E-state index contributed by atoms with van der Waals surface area (Å²) in [6.07, 6.45) is 2.63. The highest BCUT2D eigenvalue weighted by Crippen LogP contribution is 2.37. The van der Waals surface area contributed by atoms with Crippen LogP contribution in [0.5, 0.6) is 0 Å². The van der Waals surface area contributed by atoms with Crippen molar-refractivity contribution in [1.82, 2.24) is 15.0 Å². The van der Waals surface area contributed by atoms with Gasteiger partial charge in [-0.3, -0.25) is 9.59 Å². The number of aryl methyl sites for hydroxylation is 2. The Hall–Kier alpha value is -3.11. The van der Waals surface area contributed by atoms with Crippen molar-refractivity contribution in [3.05, 3.63) is 58.0 Å². The fourth-order valence-electron chi connectivity index (χ4n) is 4.42. The standard InChI is InChI=1S/C25H27N3O5S2/c1-4-33-23(30)14-21(18-12-17-8-10-34-25(17)19(13-18)15-29)20-6-7-22-24(16(20)2)26-27-28(22)9-5-11-35(3,31)32/h6-8,10,12-13,15,21H,4-5,9,11,14H2,1-3H3. The van der Waals surface area contributed by atoms with Crippen LogP contribution in [-0.4, -0.2) is 54.3 Å². The smallest absolute Gasteiger partial charge is 0.306 e. The van der Waals surface area contributed by atoms with Crippen molar-refractivity contribution in [3.63, 3.8) is 0 Å². The fourth-order valence-corrected chi connectivity index (χ4v) is 5.93. The number of ether oxygens (including phenoxy) is 1. The zero-order valence-corrected chi connectivity index (χ0v) is 21.5. The van der Waals surface area contributed by atoms with Crippen LogP contribution >= 0.6 is 11.3 Å². The van der Waals surface area contributed by atoms with Crippen molar-refractivity contribution in [2.45, 2.75) is 39.2 Å². The van der Waals surface area contributed by atoms with Crippen molar-refractivity contribution >= 4 is 54.5 Å². The van der Waals surface area contributed by atoms with E-state index in [0.717, 1.165) is 38.6 Å². The average molecular weight is 514 g/mol. The summed E-state index contributed by atoms with van der Waals surface area (Å²) < 4.78 is 30.8. The molecule has 0 aliphatic rings. The van der Waals surface area contributed by atoms with E-state index in [2.05, 4.69) is 10.3 Å². The minimum absolute atomic E-state index is 0.0805. The summed E-state index contributed by atoms with van der Waals surface area (Å²) in [6.45, 7) is 4.43. The number of carbonyl (C=O) groups excluding carboxylic acids is 2. The molecule has 0 radical (unpaired) electrons. The first kappa shape index (κ1) is 25.0. The number of rotatable bonds is 10. The predicted octanol–water partition coefficient (Wildman–Crippen LogP) is 4.29. The van der Waals surface area contributed by atoms with E-state index in [0.29, 0.717) is 24.0 Å². The van der Waals surface area contributed by atoms with E-state index in [1.54, 1.807) is 11.6 Å². The lowest BCUT2D eigenvalue weighted by Crippen LogP contribution is -2.13. The van der Waals surface area contributed by atoms with Crippen LogP contribution in [0.3, 0.4) is 0 Å². The van der Waals surface area contributed by atoms with Crippen molar-refractivity contribution in [2.75, 3.05) is 18.6 Å². The summed E-state index contributed by atoms with van der Waals surface area (Å²) in [5.74, 6) is -0.576. The van der Waals surface area contributed by atoms with Crippen LogP contribution in [-0.2, 0) is 25.9 Å². The van der Waals surface area contributed by atoms with E-state index in [1.807, 2.05) is 42.6 Å². The Morgan fingerprint density at radius 3 is 2.77 bits per heavy atom. The lowest BCUT2D eigenvalue weighted by atomic mass is 9.84. The predicted molar refractivity (Wildman–Crippen MR) is 137 cm³/mol. The normalized spacial score (nSPS) is 12.8. The third kappa shape index (κ3) is 5.43. The maximum absolute atomic E-state index is 12.6. The maximum Gasteiger partial charge on any atom is 0.306 e. The number of sulfone groups is 1. The van der Waals surface area contributed by atoms with Crippen LogP contribution in [0.2, 0.25) is 0 Å². The number of aldehydes is 1. The first-order chi connectivity index (χ1) is 16.7. The second-order valence-electron chi connectivity index (χ2n) is 8.57. The lowest BCUT2D eigenvalue weighted by molar-refractivity contribution is -0.143. The summed E-state index contributed by atoms with van der Waals surface area (Å²) in [7, 11) is -3.05. The molecule has 184 valence electrons. The number of hydrogen-bond donors (Lipinski definition) is 0. The Morgan fingerprint density at radius 2 is 2.06 bits per heavy atom. The van der Waals surface area contributed by atoms with Crippen LogP contribution < -0.4 is 0 Å². The summed E-state index contributed by atoms with van der Waals surface area (Å²) in [4.78, 5) is 24.4. The molecule has 1 unspecified atom stereocenters.